The molecule has 6 heteroatoms. The van der Waals surface area contributed by atoms with E-state index in [1.165, 1.54) is 11.8 Å². The summed E-state index contributed by atoms with van der Waals surface area (Å²) in [5.41, 5.74) is 1.73. The molecule has 1 heterocycles. The highest BCUT2D eigenvalue weighted by atomic mass is 35.5. The predicted octanol–water partition coefficient (Wildman–Crippen LogP) is 2.54. The van der Waals surface area contributed by atoms with Crippen LogP contribution in [0.3, 0.4) is 0 Å². The van der Waals surface area contributed by atoms with Crippen LogP contribution in [0.2, 0.25) is 5.02 Å². The second-order valence-electron chi connectivity index (χ2n) is 3.58. The first-order valence-electron chi connectivity index (χ1n) is 4.99. The minimum atomic E-state index is -0.813. The molecule has 1 aromatic carbocycles. The van der Waals surface area contributed by atoms with Gasteiger partial charge in [-0.25, -0.2) is 4.98 Å². The number of carboxylic acids is 1. The molecule has 2 rings (SSSR count). The second-order valence-corrected chi connectivity index (χ2v) is 4.97. The minimum absolute atomic E-state index is 0.0803. The van der Waals surface area contributed by atoms with Crippen LogP contribution in [0, 0.1) is 0 Å². The molecule has 0 unspecified atom stereocenters. The number of benzene rings is 1. The van der Waals surface area contributed by atoms with E-state index in [1.807, 2.05) is 29.8 Å². The van der Waals surface area contributed by atoms with Crippen LogP contribution in [-0.2, 0) is 17.6 Å². The Morgan fingerprint density at radius 2 is 2.35 bits per heavy atom. The number of hydrogen-bond donors (Lipinski definition) is 1. The number of aliphatic carboxylic acids is 1. The first-order chi connectivity index (χ1) is 8.09. The van der Waals surface area contributed by atoms with Crippen molar-refractivity contribution in [2.45, 2.75) is 5.75 Å². The molecular formula is C11H11ClN2O2S. The van der Waals surface area contributed by atoms with Crippen molar-refractivity contribution in [1.29, 1.82) is 0 Å². The largest absolute Gasteiger partial charge is 0.481 e. The van der Waals surface area contributed by atoms with Crippen molar-refractivity contribution in [2.24, 2.45) is 7.05 Å². The van der Waals surface area contributed by atoms with Crippen molar-refractivity contribution in [2.75, 3.05) is 5.75 Å². The molecule has 0 saturated carbocycles. The highest BCUT2D eigenvalue weighted by Crippen LogP contribution is 2.25. The van der Waals surface area contributed by atoms with Crippen molar-refractivity contribution in [3.05, 3.63) is 29.0 Å². The predicted molar refractivity (Wildman–Crippen MR) is 69.5 cm³/mol. The van der Waals surface area contributed by atoms with E-state index < -0.39 is 5.97 Å². The number of thioether (sulfide) groups is 1. The molecule has 2 aromatic rings. The van der Waals surface area contributed by atoms with Crippen LogP contribution in [0.25, 0.3) is 11.0 Å². The molecular weight excluding hydrogens is 260 g/mol. The number of carboxylic acid groups (broad SMARTS) is 1. The molecule has 0 aliphatic rings. The van der Waals surface area contributed by atoms with Gasteiger partial charge in [-0.1, -0.05) is 17.7 Å². The Hall–Kier alpha value is -1.20. The van der Waals surface area contributed by atoms with Crippen molar-refractivity contribution >= 4 is 40.4 Å². The SMILES string of the molecule is Cn1c(CSCC(=O)O)nc2cccc(Cl)c21. The maximum atomic E-state index is 10.4. The van der Waals surface area contributed by atoms with Gasteiger partial charge in [-0.3, -0.25) is 4.79 Å². The summed E-state index contributed by atoms with van der Waals surface area (Å²) in [6.07, 6.45) is 0. The van der Waals surface area contributed by atoms with E-state index in [1.54, 1.807) is 0 Å². The van der Waals surface area contributed by atoms with Crippen LogP contribution in [-0.4, -0.2) is 26.4 Å². The number of nitrogens with zero attached hydrogens (tertiary/aromatic N) is 2. The lowest BCUT2D eigenvalue weighted by atomic mass is 10.3. The van der Waals surface area contributed by atoms with Crippen molar-refractivity contribution in [3.63, 3.8) is 0 Å². The van der Waals surface area contributed by atoms with Crippen molar-refractivity contribution in [3.8, 4) is 0 Å². The maximum absolute atomic E-state index is 10.4. The molecule has 0 bridgehead atoms. The lowest BCUT2D eigenvalue weighted by Gasteiger charge is -2.01. The van der Waals surface area contributed by atoms with Crippen LogP contribution in [0.5, 0.6) is 0 Å². The summed E-state index contributed by atoms with van der Waals surface area (Å²) in [6, 6.07) is 5.57. The van der Waals surface area contributed by atoms with Crippen LogP contribution in [0.15, 0.2) is 18.2 Å². The Bertz CT molecular complexity index is 568. The molecule has 0 saturated heterocycles. The summed E-state index contributed by atoms with van der Waals surface area (Å²) in [7, 11) is 1.89. The Morgan fingerprint density at radius 1 is 1.59 bits per heavy atom. The topological polar surface area (TPSA) is 55.1 Å². The summed E-state index contributed by atoms with van der Waals surface area (Å²) < 4.78 is 1.91. The smallest absolute Gasteiger partial charge is 0.313 e. The molecule has 1 N–H and O–H groups in total. The molecule has 0 aliphatic carbocycles. The Morgan fingerprint density at radius 3 is 3.00 bits per heavy atom. The van der Waals surface area contributed by atoms with Crippen LogP contribution >= 0.6 is 23.4 Å². The fourth-order valence-electron chi connectivity index (χ4n) is 1.63. The Kier molecular flexibility index (Phi) is 3.59. The minimum Gasteiger partial charge on any atom is -0.481 e. The number of rotatable bonds is 4. The highest BCUT2D eigenvalue weighted by Gasteiger charge is 2.10. The van der Waals surface area contributed by atoms with Gasteiger partial charge in [0.15, 0.2) is 0 Å². The van der Waals surface area contributed by atoms with Gasteiger partial charge in [0.25, 0.3) is 0 Å². The molecule has 90 valence electrons. The number of carbonyl (C=O) groups is 1. The average molecular weight is 271 g/mol. The molecule has 0 fully saturated rings. The molecule has 17 heavy (non-hydrogen) atoms. The molecule has 0 spiro atoms. The zero-order valence-electron chi connectivity index (χ0n) is 9.18. The Labute approximate surface area is 108 Å². The standard InChI is InChI=1S/C11H11ClN2O2S/c1-14-9(5-17-6-10(15)16)13-8-4-2-3-7(12)11(8)14/h2-4H,5-6H2,1H3,(H,15,16). The zero-order valence-corrected chi connectivity index (χ0v) is 10.8. The number of hydrogen-bond acceptors (Lipinski definition) is 3. The highest BCUT2D eigenvalue weighted by molar-refractivity contribution is 7.99. The van der Waals surface area contributed by atoms with Gasteiger partial charge in [0, 0.05) is 7.05 Å². The lowest BCUT2D eigenvalue weighted by Crippen LogP contribution is -2.01. The summed E-state index contributed by atoms with van der Waals surface area (Å²) in [5, 5.41) is 9.23. The van der Waals surface area contributed by atoms with E-state index in [2.05, 4.69) is 4.98 Å². The summed E-state index contributed by atoms with van der Waals surface area (Å²) in [6.45, 7) is 0. The van der Waals surface area contributed by atoms with E-state index >= 15 is 0 Å². The molecule has 0 amide bonds. The van der Waals surface area contributed by atoms with Crippen LogP contribution in [0.4, 0.5) is 0 Å². The molecule has 1 aromatic heterocycles. The van der Waals surface area contributed by atoms with Gasteiger partial charge in [0.1, 0.15) is 5.82 Å². The monoisotopic (exact) mass is 270 g/mol. The van der Waals surface area contributed by atoms with E-state index in [0.29, 0.717) is 10.8 Å². The van der Waals surface area contributed by atoms with Gasteiger partial charge in [-0.15, -0.1) is 11.8 Å². The average Bonchev–Trinajstić information content (AvgIpc) is 2.57. The van der Waals surface area contributed by atoms with Crippen molar-refractivity contribution < 1.29 is 9.90 Å². The van der Waals surface area contributed by atoms with Gasteiger partial charge in [-0.2, -0.15) is 0 Å². The number of para-hydroxylation sites is 1. The van der Waals surface area contributed by atoms with Crippen LogP contribution < -0.4 is 0 Å². The van der Waals surface area contributed by atoms with E-state index in [4.69, 9.17) is 16.7 Å². The number of fused-ring (bicyclic) bond motifs is 1. The van der Waals surface area contributed by atoms with Crippen LogP contribution in [0.1, 0.15) is 5.82 Å². The van der Waals surface area contributed by atoms with Gasteiger partial charge in [0.05, 0.1) is 27.6 Å². The van der Waals surface area contributed by atoms with Gasteiger partial charge in [-0.05, 0) is 12.1 Å². The van der Waals surface area contributed by atoms with Gasteiger partial charge < -0.3 is 9.67 Å². The number of aromatic nitrogens is 2. The first kappa shape index (κ1) is 12.3. The molecule has 4 nitrogen and oxygen atoms in total. The number of halogens is 1. The zero-order chi connectivity index (χ0) is 12.4. The van der Waals surface area contributed by atoms with Gasteiger partial charge >= 0.3 is 5.97 Å². The maximum Gasteiger partial charge on any atom is 0.313 e. The summed E-state index contributed by atoms with van der Waals surface area (Å²) in [4.78, 5) is 14.9. The number of imidazole rings is 1. The van der Waals surface area contributed by atoms with E-state index in [0.717, 1.165) is 16.9 Å². The van der Waals surface area contributed by atoms with E-state index in [-0.39, 0.29) is 5.75 Å². The number of aryl methyl sites for hydroxylation is 1. The third-order valence-electron chi connectivity index (χ3n) is 2.39. The molecule has 0 aliphatic heterocycles. The lowest BCUT2D eigenvalue weighted by molar-refractivity contribution is -0.133. The third-order valence-corrected chi connectivity index (χ3v) is 3.61. The summed E-state index contributed by atoms with van der Waals surface area (Å²) in [5.74, 6) is 0.663. The molecule has 0 radical (unpaired) electrons. The first-order valence-corrected chi connectivity index (χ1v) is 6.52. The third kappa shape index (κ3) is 2.56. The second kappa shape index (κ2) is 4.98. The summed E-state index contributed by atoms with van der Waals surface area (Å²) >= 11 is 7.42. The van der Waals surface area contributed by atoms with E-state index in [9.17, 15) is 4.79 Å². The van der Waals surface area contributed by atoms with Gasteiger partial charge in [0.2, 0.25) is 0 Å². The normalized spacial score (nSPS) is 10.9. The quantitative estimate of drug-likeness (QED) is 0.928. The molecule has 0 atom stereocenters. The fraction of sp³-hybridized carbons (Fsp3) is 0.273. The Balaban J connectivity index is 2.27. The van der Waals surface area contributed by atoms with Crippen molar-refractivity contribution in [1.82, 2.24) is 9.55 Å². The fourth-order valence-corrected chi connectivity index (χ4v) is 2.64.